The summed E-state index contributed by atoms with van der Waals surface area (Å²) in [5.74, 6) is -0.937. The van der Waals surface area contributed by atoms with Crippen molar-refractivity contribution in [2.24, 2.45) is 0 Å². The number of hydrogen-bond donors (Lipinski definition) is 0. The minimum absolute atomic E-state index is 0.199. The van der Waals surface area contributed by atoms with Gasteiger partial charge in [0.15, 0.2) is 0 Å². The highest BCUT2D eigenvalue weighted by molar-refractivity contribution is 9.12. The summed E-state index contributed by atoms with van der Waals surface area (Å²) in [7, 11) is 0. The zero-order chi connectivity index (χ0) is 9.59. The molecule has 1 aliphatic carbocycles. The molecule has 0 bridgehead atoms. The Kier molecular flexibility index (Phi) is 2.32. The molecular weight excluding hydrogens is 304 g/mol. The highest BCUT2D eigenvalue weighted by atomic mass is 79.9. The molecule has 0 aromatic heterocycles. The van der Waals surface area contributed by atoms with Crippen molar-refractivity contribution in [2.75, 3.05) is 0 Å². The van der Waals surface area contributed by atoms with Gasteiger partial charge in [-0.15, -0.1) is 0 Å². The molecule has 13 heavy (non-hydrogen) atoms. The van der Waals surface area contributed by atoms with Crippen LogP contribution in [0.2, 0.25) is 0 Å². The van der Waals surface area contributed by atoms with E-state index in [1.165, 1.54) is 0 Å². The first kappa shape index (κ1) is 9.40. The van der Waals surface area contributed by atoms with E-state index in [0.29, 0.717) is 24.0 Å². The standard InChI is InChI=1S/C8H6Br2O3/c9-5-1-3-4(2-6(5)10)8(12)13-7(3)11/h5-6H,1-2H2/t5-,6+. The lowest BCUT2D eigenvalue weighted by molar-refractivity contribution is -0.151. The van der Waals surface area contributed by atoms with Gasteiger partial charge in [0, 0.05) is 20.8 Å². The van der Waals surface area contributed by atoms with Crippen LogP contribution in [-0.2, 0) is 14.3 Å². The quantitative estimate of drug-likeness (QED) is 0.388. The maximum Gasteiger partial charge on any atom is 0.342 e. The van der Waals surface area contributed by atoms with Gasteiger partial charge in [0.25, 0.3) is 0 Å². The van der Waals surface area contributed by atoms with Gasteiger partial charge >= 0.3 is 11.9 Å². The van der Waals surface area contributed by atoms with Gasteiger partial charge in [0.2, 0.25) is 0 Å². The van der Waals surface area contributed by atoms with E-state index in [1.54, 1.807) is 0 Å². The first-order chi connectivity index (χ1) is 6.09. The van der Waals surface area contributed by atoms with Crippen LogP contribution in [0.15, 0.2) is 11.1 Å². The number of alkyl halides is 2. The van der Waals surface area contributed by atoms with E-state index < -0.39 is 11.9 Å². The van der Waals surface area contributed by atoms with E-state index in [1.807, 2.05) is 0 Å². The number of hydrogen-bond acceptors (Lipinski definition) is 3. The molecule has 1 heterocycles. The van der Waals surface area contributed by atoms with Crippen molar-refractivity contribution >= 4 is 43.8 Å². The summed E-state index contributed by atoms with van der Waals surface area (Å²) in [5.41, 5.74) is 1.09. The molecule has 0 amide bonds. The van der Waals surface area contributed by atoms with E-state index >= 15 is 0 Å². The SMILES string of the molecule is O=C1OC(=O)C2=C1C[C@@H](Br)[C@@H](Br)C2. The summed E-state index contributed by atoms with van der Waals surface area (Å²) in [6.45, 7) is 0. The molecule has 0 unspecified atom stereocenters. The Bertz CT molecular complexity index is 291. The summed E-state index contributed by atoms with van der Waals surface area (Å²) >= 11 is 6.87. The first-order valence-electron chi connectivity index (χ1n) is 3.86. The number of carbonyl (C=O) groups excluding carboxylic acids is 2. The maximum absolute atomic E-state index is 11.1. The normalized spacial score (nSPS) is 33.4. The van der Waals surface area contributed by atoms with E-state index in [2.05, 4.69) is 36.6 Å². The molecule has 0 aromatic rings. The zero-order valence-electron chi connectivity index (χ0n) is 6.55. The van der Waals surface area contributed by atoms with Gasteiger partial charge in [-0.3, -0.25) is 0 Å². The van der Waals surface area contributed by atoms with Crippen LogP contribution in [0.1, 0.15) is 12.8 Å². The largest absolute Gasteiger partial charge is 0.386 e. The summed E-state index contributed by atoms with van der Waals surface area (Å²) in [6, 6.07) is 0. The summed E-state index contributed by atoms with van der Waals surface area (Å²) in [4.78, 5) is 22.7. The van der Waals surface area contributed by atoms with E-state index in [4.69, 9.17) is 0 Å². The van der Waals surface area contributed by atoms with Gasteiger partial charge in [-0.25, -0.2) is 9.59 Å². The third kappa shape index (κ3) is 1.48. The van der Waals surface area contributed by atoms with Crippen molar-refractivity contribution in [3.63, 3.8) is 0 Å². The van der Waals surface area contributed by atoms with Crippen molar-refractivity contribution in [3.8, 4) is 0 Å². The van der Waals surface area contributed by atoms with Crippen molar-refractivity contribution in [3.05, 3.63) is 11.1 Å². The van der Waals surface area contributed by atoms with Gasteiger partial charge in [-0.1, -0.05) is 31.9 Å². The number of cyclic esters (lactones) is 2. The molecule has 1 aliphatic heterocycles. The molecule has 5 heteroatoms. The zero-order valence-corrected chi connectivity index (χ0v) is 9.72. The van der Waals surface area contributed by atoms with Crippen LogP contribution >= 0.6 is 31.9 Å². The van der Waals surface area contributed by atoms with E-state index in [-0.39, 0.29) is 9.65 Å². The van der Waals surface area contributed by atoms with E-state index in [9.17, 15) is 9.59 Å². The Balaban J connectivity index is 2.36. The molecule has 2 rings (SSSR count). The molecule has 0 saturated heterocycles. The second-order valence-electron chi connectivity index (χ2n) is 3.07. The summed E-state index contributed by atoms with van der Waals surface area (Å²) < 4.78 is 4.51. The number of ether oxygens (including phenoxy) is 1. The average molecular weight is 310 g/mol. The first-order valence-corrected chi connectivity index (χ1v) is 5.69. The highest BCUT2D eigenvalue weighted by Crippen LogP contribution is 2.37. The highest BCUT2D eigenvalue weighted by Gasteiger charge is 2.39. The number of rotatable bonds is 0. The van der Waals surface area contributed by atoms with Crippen molar-refractivity contribution in [2.45, 2.75) is 22.5 Å². The van der Waals surface area contributed by atoms with Crippen molar-refractivity contribution in [1.29, 1.82) is 0 Å². The Morgan fingerprint density at radius 3 is 1.77 bits per heavy atom. The number of halogens is 2. The minimum Gasteiger partial charge on any atom is -0.386 e. The third-order valence-corrected chi connectivity index (χ3v) is 4.87. The van der Waals surface area contributed by atoms with Crippen LogP contribution in [0.4, 0.5) is 0 Å². The average Bonchev–Trinajstić information content (AvgIpc) is 2.31. The molecule has 3 nitrogen and oxygen atoms in total. The second-order valence-corrected chi connectivity index (χ2v) is 5.43. The Labute approximate surface area is 91.8 Å². The van der Waals surface area contributed by atoms with Gasteiger partial charge < -0.3 is 4.74 Å². The van der Waals surface area contributed by atoms with Gasteiger partial charge in [-0.05, 0) is 12.8 Å². The molecule has 0 saturated carbocycles. The maximum atomic E-state index is 11.1. The minimum atomic E-state index is -0.469. The Morgan fingerprint density at radius 1 is 1.00 bits per heavy atom. The summed E-state index contributed by atoms with van der Waals surface area (Å²) in [5, 5.41) is 0. The monoisotopic (exact) mass is 308 g/mol. The molecule has 0 spiro atoms. The number of carbonyl (C=O) groups is 2. The van der Waals surface area contributed by atoms with Crippen LogP contribution in [0.5, 0.6) is 0 Å². The predicted molar refractivity (Wildman–Crippen MR) is 52.8 cm³/mol. The molecular formula is C8H6Br2O3. The molecule has 0 aromatic carbocycles. The van der Waals surface area contributed by atoms with Crippen molar-refractivity contribution in [1.82, 2.24) is 0 Å². The van der Waals surface area contributed by atoms with Gasteiger partial charge in [-0.2, -0.15) is 0 Å². The van der Waals surface area contributed by atoms with Crippen molar-refractivity contribution < 1.29 is 14.3 Å². The lowest BCUT2D eigenvalue weighted by Crippen LogP contribution is -2.22. The predicted octanol–water partition coefficient (Wildman–Crippen LogP) is 1.69. The molecule has 0 N–H and O–H groups in total. The van der Waals surface area contributed by atoms with E-state index in [0.717, 1.165) is 0 Å². The molecule has 2 atom stereocenters. The van der Waals surface area contributed by atoms with Crippen LogP contribution < -0.4 is 0 Å². The topological polar surface area (TPSA) is 43.4 Å². The van der Waals surface area contributed by atoms with Gasteiger partial charge in [0.1, 0.15) is 0 Å². The van der Waals surface area contributed by atoms with Crippen LogP contribution in [-0.4, -0.2) is 21.6 Å². The fourth-order valence-corrected chi connectivity index (χ4v) is 2.53. The Morgan fingerprint density at radius 2 is 1.38 bits per heavy atom. The van der Waals surface area contributed by atoms with Crippen LogP contribution in [0.3, 0.4) is 0 Å². The smallest absolute Gasteiger partial charge is 0.342 e. The molecule has 70 valence electrons. The molecule has 2 aliphatic rings. The number of esters is 2. The fourth-order valence-electron chi connectivity index (χ4n) is 1.51. The van der Waals surface area contributed by atoms with Crippen LogP contribution in [0.25, 0.3) is 0 Å². The lowest BCUT2D eigenvalue weighted by Gasteiger charge is -2.21. The third-order valence-electron chi connectivity index (χ3n) is 2.23. The summed E-state index contributed by atoms with van der Waals surface area (Å²) in [6.07, 6.45) is 1.13. The van der Waals surface area contributed by atoms with Crippen LogP contribution in [0, 0.1) is 0 Å². The molecule has 0 fully saturated rings. The fraction of sp³-hybridized carbons (Fsp3) is 0.500. The lowest BCUT2D eigenvalue weighted by atomic mass is 9.93. The molecule has 0 radical (unpaired) electrons. The Hall–Kier alpha value is -0.160. The van der Waals surface area contributed by atoms with Gasteiger partial charge in [0.05, 0.1) is 0 Å². The second kappa shape index (κ2) is 3.20.